The van der Waals surface area contributed by atoms with Crippen molar-refractivity contribution in [1.29, 1.82) is 0 Å². The molecule has 6 nitrogen and oxygen atoms in total. The fraction of sp³-hybridized carbons (Fsp3) is 1.00. The van der Waals surface area contributed by atoms with Gasteiger partial charge >= 0.3 is 0 Å². The number of unbranched alkanes of at least 4 members (excludes halogenated alkanes) is 1. The standard InChI is InChI=1S/C9H20O4.C9H20O2/c1-7(11)5-12-9(3)6-13-8(2)4-10;1-4-6-7-9(3,10)8-11-5-2/h7-11H,4-6H2,1-3H3;10H,4-8H2,1-3H3. The average molecular weight is 353 g/mol. The summed E-state index contributed by atoms with van der Waals surface area (Å²) in [5.74, 6) is 0. The Bertz CT molecular complexity index is 248. The van der Waals surface area contributed by atoms with Crippen molar-refractivity contribution in [3.05, 3.63) is 0 Å². The SMILES string of the molecule is CC(O)COC(C)COC(C)CO.CCCCC(C)(O)COCC. The number of aliphatic hydroxyl groups excluding tert-OH is 2. The van der Waals surface area contributed by atoms with Crippen molar-refractivity contribution in [3.8, 4) is 0 Å². The summed E-state index contributed by atoms with van der Waals surface area (Å²) in [6, 6.07) is 0. The zero-order valence-electron chi connectivity index (χ0n) is 16.5. The van der Waals surface area contributed by atoms with Gasteiger partial charge < -0.3 is 29.5 Å². The van der Waals surface area contributed by atoms with E-state index in [-0.39, 0.29) is 18.8 Å². The van der Waals surface area contributed by atoms with Gasteiger partial charge in [-0.15, -0.1) is 0 Å². The third-order valence-corrected chi connectivity index (χ3v) is 3.18. The van der Waals surface area contributed by atoms with E-state index in [0.29, 0.717) is 26.4 Å². The van der Waals surface area contributed by atoms with Crippen molar-refractivity contribution in [1.82, 2.24) is 0 Å². The van der Waals surface area contributed by atoms with Gasteiger partial charge in [-0.25, -0.2) is 0 Å². The molecular formula is C18H40O6. The molecule has 0 aliphatic heterocycles. The highest BCUT2D eigenvalue weighted by Gasteiger charge is 2.18. The van der Waals surface area contributed by atoms with Gasteiger partial charge in [0.15, 0.2) is 0 Å². The van der Waals surface area contributed by atoms with Gasteiger partial charge in [0, 0.05) is 6.61 Å². The van der Waals surface area contributed by atoms with Gasteiger partial charge in [-0.2, -0.15) is 0 Å². The van der Waals surface area contributed by atoms with Crippen LogP contribution >= 0.6 is 0 Å². The molecular weight excluding hydrogens is 312 g/mol. The lowest BCUT2D eigenvalue weighted by atomic mass is 10.0. The molecule has 0 saturated heterocycles. The predicted octanol–water partition coefficient (Wildman–Crippen LogP) is 2.13. The number of hydrogen-bond donors (Lipinski definition) is 3. The molecule has 0 fully saturated rings. The summed E-state index contributed by atoms with van der Waals surface area (Å²) in [6.07, 6.45) is 2.38. The minimum absolute atomic E-state index is 0.0170. The van der Waals surface area contributed by atoms with Crippen LogP contribution in [-0.2, 0) is 14.2 Å². The van der Waals surface area contributed by atoms with Crippen molar-refractivity contribution in [3.63, 3.8) is 0 Å². The van der Waals surface area contributed by atoms with Crippen LogP contribution in [0.5, 0.6) is 0 Å². The molecule has 0 aromatic rings. The quantitative estimate of drug-likeness (QED) is 0.471. The van der Waals surface area contributed by atoms with Crippen LogP contribution in [0.1, 0.15) is 60.8 Å². The zero-order valence-corrected chi connectivity index (χ0v) is 16.5. The topological polar surface area (TPSA) is 88.4 Å². The first-order chi connectivity index (χ1) is 11.2. The molecule has 0 spiro atoms. The summed E-state index contributed by atoms with van der Waals surface area (Å²) in [5, 5.41) is 27.2. The second-order valence-corrected chi connectivity index (χ2v) is 6.56. The van der Waals surface area contributed by atoms with E-state index in [1.807, 2.05) is 20.8 Å². The van der Waals surface area contributed by atoms with Crippen molar-refractivity contribution in [2.75, 3.05) is 33.0 Å². The highest BCUT2D eigenvalue weighted by molar-refractivity contribution is 4.70. The maximum absolute atomic E-state index is 9.65. The maximum Gasteiger partial charge on any atom is 0.0852 e. The van der Waals surface area contributed by atoms with Crippen LogP contribution < -0.4 is 0 Å². The maximum atomic E-state index is 9.65. The van der Waals surface area contributed by atoms with Crippen molar-refractivity contribution in [2.24, 2.45) is 0 Å². The number of hydrogen-bond acceptors (Lipinski definition) is 6. The average Bonchev–Trinajstić information content (AvgIpc) is 2.54. The molecule has 4 atom stereocenters. The molecule has 0 aliphatic rings. The first-order valence-electron chi connectivity index (χ1n) is 9.00. The molecule has 0 aromatic carbocycles. The smallest absolute Gasteiger partial charge is 0.0852 e. The Morgan fingerprint density at radius 3 is 2.04 bits per heavy atom. The van der Waals surface area contributed by atoms with Crippen LogP contribution in [0, 0.1) is 0 Å². The Kier molecular flexibility index (Phi) is 17.6. The van der Waals surface area contributed by atoms with E-state index < -0.39 is 11.7 Å². The lowest BCUT2D eigenvalue weighted by Gasteiger charge is -2.22. The molecule has 148 valence electrons. The van der Waals surface area contributed by atoms with Crippen LogP contribution in [0.15, 0.2) is 0 Å². The van der Waals surface area contributed by atoms with E-state index >= 15 is 0 Å². The van der Waals surface area contributed by atoms with Gasteiger partial charge in [0.1, 0.15) is 0 Å². The lowest BCUT2D eigenvalue weighted by Crippen LogP contribution is -2.30. The first kappa shape index (κ1) is 26.0. The number of rotatable bonds is 13. The minimum Gasteiger partial charge on any atom is -0.394 e. The number of aliphatic hydroxyl groups is 3. The van der Waals surface area contributed by atoms with Gasteiger partial charge in [-0.05, 0) is 41.0 Å². The molecule has 0 heterocycles. The van der Waals surface area contributed by atoms with E-state index in [1.165, 1.54) is 0 Å². The first-order valence-corrected chi connectivity index (χ1v) is 9.00. The molecule has 0 aliphatic carbocycles. The van der Waals surface area contributed by atoms with Crippen LogP contribution in [-0.4, -0.2) is 72.3 Å². The third kappa shape index (κ3) is 19.8. The van der Waals surface area contributed by atoms with Crippen LogP contribution in [0.25, 0.3) is 0 Å². The van der Waals surface area contributed by atoms with E-state index in [9.17, 15) is 5.11 Å². The highest BCUT2D eigenvalue weighted by Crippen LogP contribution is 2.13. The second kappa shape index (κ2) is 16.2. The van der Waals surface area contributed by atoms with Crippen LogP contribution in [0.2, 0.25) is 0 Å². The van der Waals surface area contributed by atoms with E-state index in [2.05, 4.69) is 6.92 Å². The summed E-state index contributed by atoms with van der Waals surface area (Å²) >= 11 is 0. The van der Waals surface area contributed by atoms with Crippen LogP contribution in [0.4, 0.5) is 0 Å². The summed E-state index contributed by atoms with van der Waals surface area (Å²) < 4.78 is 15.6. The van der Waals surface area contributed by atoms with E-state index in [0.717, 1.165) is 19.3 Å². The molecule has 4 unspecified atom stereocenters. The van der Waals surface area contributed by atoms with Gasteiger partial charge in [-0.1, -0.05) is 19.8 Å². The molecule has 0 saturated carbocycles. The lowest BCUT2D eigenvalue weighted by molar-refractivity contribution is -0.0620. The van der Waals surface area contributed by atoms with Gasteiger partial charge in [0.2, 0.25) is 0 Å². The van der Waals surface area contributed by atoms with E-state index in [4.69, 9.17) is 24.4 Å². The largest absolute Gasteiger partial charge is 0.394 e. The molecule has 0 aromatic heterocycles. The van der Waals surface area contributed by atoms with Crippen molar-refractivity contribution in [2.45, 2.75) is 84.7 Å². The Labute approximate surface area is 148 Å². The highest BCUT2D eigenvalue weighted by atomic mass is 16.5. The third-order valence-electron chi connectivity index (χ3n) is 3.18. The van der Waals surface area contributed by atoms with Gasteiger partial charge in [-0.3, -0.25) is 0 Å². The zero-order chi connectivity index (χ0) is 19.0. The molecule has 24 heavy (non-hydrogen) atoms. The Morgan fingerprint density at radius 1 is 1.00 bits per heavy atom. The summed E-state index contributed by atoms with van der Waals surface area (Å²) in [4.78, 5) is 0. The Balaban J connectivity index is 0. The summed E-state index contributed by atoms with van der Waals surface area (Å²) in [5.41, 5.74) is -0.619. The molecule has 3 N–H and O–H groups in total. The van der Waals surface area contributed by atoms with Gasteiger partial charge in [0.25, 0.3) is 0 Å². The summed E-state index contributed by atoms with van der Waals surface area (Å²) in [6.45, 7) is 13.1. The fourth-order valence-corrected chi connectivity index (χ4v) is 1.66. The number of ether oxygens (including phenoxy) is 3. The Morgan fingerprint density at radius 2 is 1.58 bits per heavy atom. The molecule has 0 amide bonds. The molecule has 6 heteroatoms. The molecule has 0 rings (SSSR count). The molecule has 0 radical (unpaired) electrons. The second-order valence-electron chi connectivity index (χ2n) is 6.56. The molecule has 0 bridgehead atoms. The summed E-state index contributed by atoms with van der Waals surface area (Å²) in [7, 11) is 0. The fourth-order valence-electron chi connectivity index (χ4n) is 1.66. The van der Waals surface area contributed by atoms with E-state index in [1.54, 1.807) is 13.8 Å². The minimum atomic E-state index is -0.619. The normalized spacial score (nSPS) is 17.4. The van der Waals surface area contributed by atoms with Crippen molar-refractivity contribution < 1.29 is 29.5 Å². The predicted molar refractivity (Wildman–Crippen MR) is 96.2 cm³/mol. The Hall–Kier alpha value is -0.240. The van der Waals surface area contributed by atoms with Crippen molar-refractivity contribution >= 4 is 0 Å². The van der Waals surface area contributed by atoms with Crippen LogP contribution in [0.3, 0.4) is 0 Å². The monoisotopic (exact) mass is 352 g/mol. The van der Waals surface area contributed by atoms with Gasteiger partial charge in [0.05, 0.1) is 50.3 Å².